The van der Waals surface area contributed by atoms with Crippen molar-refractivity contribution in [3.8, 4) is 0 Å². The number of carbonyl (C=O) groups excluding carboxylic acids is 1. The first kappa shape index (κ1) is 10.2. The molecule has 2 aromatic rings. The van der Waals surface area contributed by atoms with Gasteiger partial charge in [0.2, 0.25) is 0 Å². The standard InChI is InChI=1S/C11H9BrO3/c1-2-7-8-5-6(12)3-4-9(8)15-10(7)11(13)14/h3-5H,2H2,1H3,(H,13,14)/p-1. The van der Waals surface area contributed by atoms with Crippen molar-refractivity contribution in [1.29, 1.82) is 0 Å². The first-order valence-corrected chi connectivity index (χ1v) is 5.35. The van der Waals surface area contributed by atoms with Gasteiger partial charge < -0.3 is 14.3 Å². The fraction of sp³-hybridized carbons (Fsp3) is 0.182. The molecule has 0 N–H and O–H groups in total. The van der Waals surface area contributed by atoms with E-state index in [9.17, 15) is 9.90 Å². The lowest BCUT2D eigenvalue weighted by atomic mass is 10.1. The van der Waals surface area contributed by atoms with E-state index in [1.165, 1.54) is 0 Å². The summed E-state index contributed by atoms with van der Waals surface area (Å²) in [5, 5.41) is 11.6. The zero-order chi connectivity index (χ0) is 11.0. The molecule has 0 atom stereocenters. The summed E-state index contributed by atoms with van der Waals surface area (Å²) in [5.41, 5.74) is 1.26. The van der Waals surface area contributed by atoms with Gasteiger partial charge in [-0.25, -0.2) is 0 Å². The van der Waals surface area contributed by atoms with Crippen molar-refractivity contribution >= 4 is 32.9 Å². The molecular formula is C11H8BrO3-. The molecule has 0 spiro atoms. The van der Waals surface area contributed by atoms with Crippen molar-refractivity contribution in [3.63, 3.8) is 0 Å². The zero-order valence-electron chi connectivity index (χ0n) is 8.04. The molecule has 0 aliphatic rings. The number of aromatic carboxylic acids is 1. The molecule has 2 rings (SSSR count). The van der Waals surface area contributed by atoms with E-state index in [-0.39, 0.29) is 5.76 Å². The highest BCUT2D eigenvalue weighted by atomic mass is 79.9. The second-order valence-electron chi connectivity index (χ2n) is 3.19. The van der Waals surface area contributed by atoms with Crippen LogP contribution < -0.4 is 5.11 Å². The van der Waals surface area contributed by atoms with Crippen LogP contribution in [0.2, 0.25) is 0 Å². The molecule has 3 nitrogen and oxygen atoms in total. The normalized spacial score (nSPS) is 10.8. The van der Waals surface area contributed by atoms with E-state index in [0.717, 1.165) is 9.86 Å². The van der Waals surface area contributed by atoms with Gasteiger partial charge in [-0.1, -0.05) is 22.9 Å². The molecule has 4 heteroatoms. The van der Waals surface area contributed by atoms with Crippen LogP contribution >= 0.6 is 15.9 Å². The monoisotopic (exact) mass is 267 g/mol. The lowest BCUT2D eigenvalue weighted by molar-refractivity contribution is -0.257. The highest BCUT2D eigenvalue weighted by Gasteiger charge is 2.13. The van der Waals surface area contributed by atoms with Crippen LogP contribution in [0.1, 0.15) is 23.0 Å². The van der Waals surface area contributed by atoms with Gasteiger partial charge in [-0.15, -0.1) is 0 Å². The van der Waals surface area contributed by atoms with Gasteiger partial charge in [-0.3, -0.25) is 0 Å². The minimum atomic E-state index is -1.26. The van der Waals surface area contributed by atoms with Gasteiger partial charge in [-0.2, -0.15) is 0 Å². The third-order valence-electron chi connectivity index (χ3n) is 2.29. The average Bonchev–Trinajstić information content (AvgIpc) is 2.55. The molecule has 15 heavy (non-hydrogen) atoms. The molecular weight excluding hydrogens is 260 g/mol. The fourth-order valence-electron chi connectivity index (χ4n) is 1.64. The third-order valence-corrected chi connectivity index (χ3v) is 2.79. The maximum atomic E-state index is 10.8. The van der Waals surface area contributed by atoms with Crippen molar-refractivity contribution in [3.05, 3.63) is 34.0 Å². The van der Waals surface area contributed by atoms with Crippen LogP contribution in [0.15, 0.2) is 27.1 Å². The maximum absolute atomic E-state index is 10.8. The highest BCUT2D eigenvalue weighted by Crippen LogP contribution is 2.28. The molecule has 78 valence electrons. The average molecular weight is 268 g/mol. The first-order valence-electron chi connectivity index (χ1n) is 4.55. The van der Waals surface area contributed by atoms with Gasteiger partial charge in [0, 0.05) is 15.4 Å². The van der Waals surface area contributed by atoms with E-state index in [1.54, 1.807) is 6.07 Å². The number of fused-ring (bicyclic) bond motifs is 1. The fourth-order valence-corrected chi connectivity index (χ4v) is 2.00. The Balaban J connectivity index is 2.79. The van der Waals surface area contributed by atoms with Crippen molar-refractivity contribution in [1.82, 2.24) is 0 Å². The molecule has 0 fully saturated rings. The lowest BCUT2D eigenvalue weighted by Crippen LogP contribution is -2.22. The van der Waals surface area contributed by atoms with Gasteiger partial charge in [0.15, 0.2) is 5.76 Å². The number of carboxylic acid groups (broad SMARTS) is 1. The summed E-state index contributed by atoms with van der Waals surface area (Å²) < 4.78 is 6.12. The largest absolute Gasteiger partial charge is 0.542 e. The number of aryl methyl sites for hydroxylation is 1. The lowest BCUT2D eigenvalue weighted by Gasteiger charge is -1.99. The van der Waals surface area contributed by atoms with E-state index < -0.39 is 5.97 Å². The number of furan rings is 1. The maximum Gasteiger partial charge on any atom is 0.154 e. The van der Waals surface area contributed by atoms with E-state index in [4.69, 9.17) is 4.42 Å². The van der Waals surface area contributed by atoms with Crippen LogP contribution in [0.4, 0.5) is 0 Å². The zero-order valence-corrected chi connectivity index (χ0v) is 9.63. The minimum absolute atomic E-state index is 0.0643. The molecule has 0 saturated carbocycles. The number of benzene rings is 1. The number of halogens is 1. The smallest absolute Gasteiger partial charge is 0.154 e. The summed E-state index contributed by atoms with van der Waals surface area (Å²) >= 11 is 3.34. The molecule has 0 aliphatic carbocycles. The van der Waals surface area contributed by atoms with Crippen LogP contribution in [-0.2, 0) is 6.42 Å². The summed E-state index contributed by atoms with van der Waals surface area (Å²) in [7, 11) is 0. The summed E-state index contributed by atoms with van der Waals surface area (Å²) in [6.07, 6.45) is 0.604. The van der Waals surface area contributed by atoms with Crippen LogP contribution in [0.5, 0.6) is 0 Å². The van der Waals surface area contributed by atoms with E-state index >= 15 is 0 Å². The highest BCUT2D eigenvalue weighted by molar-refractivity contribution is 9.10. The molecule has 0 aliphatic heterocycles. The second-order valence-corrected chi connectivity index (χ2v) is 4.11. The van der Waals surface area contributed by atoms with E-state index in [2.05, 4.69) is 15.9 Å². The van der Waals surface area contributed by atoms with Gasteiger partial charge in [0.05, 0.1) is 0 Å². The van der Waals surface area contributed by atoms with Crippen molar-refractivity contribution in [2.24, 2.45) is 0 Å². The number of carboxylic acids is 1. The Morgan fingerprint density at radius 1 is 1.53 bits per heavy atom. The summed E-state index contributed by atoms with van der Waals surface area (Å²) in [6.45, 7) is 1.89. The SMILES string of the molecule is CCc1c(C(=O)[O-])oc2ccc(Br)cc12. The minimum Gasteiger partial charge on any atom is -0.542 e. The molecule has 0 bridgehead atoms. The summed E-state index contributed by atoms with van der Waals surface area (Å²) in [6, 6.07) is 5.40. The van der Waals surface area contributed by atoms with Crippen LogP contribution in [-0.4, -0.2) is 5.97 Å². The molecule has 1 aromatic carbocycles. The van der Waals surface area contributed by atoms with Crippen LogP contribution in [0.3, 0.4) is 0 Å². The predicted octanol–water partition coefficient (Wildman–Crippen LogP) is 2.12. The molecule has 1 aromatic heterocycles. The third kappa shape index (κ3) is 1.65. The number of hydrogen-bond acceptors (Lipinski definition) is 3. The second kappa shape index (κ2) is 3.70. The van der Waals surface area contributed by atoms with Crippen molar-refractivity contribution in [2.45, 2.75) is 13.3 Å². The first-order chi connectivity index (χ1) is 7.13. The van der Waals surface area contributed by atoms with Crippen molar-refractivity contribution < 1.29 is 14.3 Å². The Kier molecular flexibility index (Phi) is 2.52. The quantitative estimate of drug-likeness (QED) is 0.838. The molecule has 1 heterocycles. The number of hydrogen-bond donors (Lipinski definition) is 0. The molecule has 0 amide bonds. The number of rotatable bonds is 2. The van der Waals surface area contributed by atoms with Crippen LogP contribution in [0.25, 0.3) is 11.0 Å². The topological polar surface area (TPSA) is 53.3 Å². The van der Waals surface area contributed by atoms with Gasteiger partial charge >= 0.3 is 0 Å². The van der Waals surface area contributed by atoms with Crippen LogP contribution in [0, 0.1) is 0 Å². The Morgan fingerprint density at radius 2 is 2.27 bits per heavy atom. The predicted molar refractivity (Wildman–Crippen MR) is 57.6 cm³/mol. The van der Waals surface area contributed by atoms with Gasteiger partial charge in [0.1, 0.15) is 11.6 Å². The summed E-state index contributed by atoms with van der Waals surface area (Å²) in [5.74, 6) is -1.33. The molecule has 0 unspecified atom stereocenters. The Morgan fingerprint density at radius 3 is 2.87 bits per heavy atom. The molecule has 0 radical (unpaired) electrons. The Labute approximate surface area is 94.8 Å². The Hall–Kier alpha value is -1.29. The van der Waals surface area contributed by atoms with E-state index in [0.29, 0.717) is 17.6 Å². The summed E-state index contributed by atoms with van der Waals surface area (Å²) in [4.78, 5) is 10.8. The van der Waals surface area contributed by atoms with Gasteiger partial charge in [-0.05, 0) is 24.6 Å². The Bertz CT molecular complexity index is 528. The van der Waals surface area contributed by atoms with Crippen molar-refractivity contribution in [2.75, 3.05) is 0 Å². The van der Waals surface area contributed by atoms with E-state index in [1.807, 2.05) is 19.1 Å². The van der Waals surface area contributed by atoms with Gasteiger partial charge in [0.25, 0.3) is 0 Å². The molecule has 0 saturated heterocycles. The number of carbonyl (C=O) groups is 1.